The lowest BCUT2D eigenvalue weighted by atomic mass is 9.60. The molecule has 0 heterocycles. The van der Waals surface area contributed by atoms with Crippen molar-refractivity contribution >= 4 is 0 Å². The molecule has 0 aromatic heterocycles. The monoisotopic (exact) mass is 424 g/mol. The van der Waals surface area contributed by atoms with Crippen LogP contribution in [0.1, 0.15) is 69.9 Å². The van der Waals surface area contributed by atoms with Crippen LogP contribution in [0.15, 0.2) is 48.5 Å². The SMILES string of the molecule is CCCN(Cc1ccccc1)C(CC)CCC(C#N)(c1ccc(F)c(F)c1)C1CCC1. The molecule has 2 unspecified atom stereocenters. The molecule has 3 rings (SSSR count). The maximum absolute atomic E-state index is 14.1. The highest BCUT2D eigenvalue weighted by Crippen LogP contribution is 2.47. The molecular formula is C27H34F2N2. The minimum Gasteiger partial charge on any atom is -0.296 e. The van der Waals surface area contributed by atoms with Crippen molar-refractivity contribution in [3.05, 3.63) is 71.3 Å². The van der Waals surface area contributed by atoms with E-state index in [1.165, 1.54) is 17.7 Å². The first-order valence-electron chi connectivity index (χ1n) is 11.7. The molecule has 1 fully saturated rings. The van der Waals surface area contributed by atoms with E-state index in [4.69, 9.17) is 0 Å². The average Bonchev–Trinajstić information content (AvgIpc) is 2.74. The van der Waals surface area contributed by atoms with Crippen LogP contribution in [0.2, 0.25) is 0 Å². The fourth-order valence-corrected chi connectivity index (χ4v) is 5.01. The number of benzene rings is 2. The highest BCUT2D eigenvalue weighted by Gasteiger charge is 2.44. The van der Waals surface area contributed by atoms with Crippen molar-refractivity contribution < 1.29 is 8.78 Å². The normalized spacial score (nSPS) is 17.0. The molecule has 1 aliphatic carbocycles. The van der Waals surface area contributed by atoms with E-state index in [2.05, 4.69) is 49.1 Å². The maximum Gasteiger partial charge on any atom is 0.159 e. The van der Waals surface area contributed by atoms with Gasteiger partial charge in [-0.1, -0.05) is 56.7 Å². The summed E-state index contributed by atoms with van der Waals surface area (Å²) in [6.45, 7) is 6.29. The van der Waals surface area contributed by atoms with Crippen molar-refractivity contribution in [2.24, 2.45) is 5.92 Å². The molecule has 0 bridgehead atoms. The summed E-state index contributed by atoms with van der Waals surface area (Å²) in [4.78, 5) is 2.52. The summed E-state index contributed by atoms with van der Waals surface area (Å²) < 4.78 is 27.7. The first-order chi connectivity index (χ1) is 15.0. The molecule has 0 saturated heterocycles. The van der Waals surface area contributed by atoms with Gasteiger partial charge >= 0.3 is 0 Å². The minimum atomic E-state index is -0.861. The second kappa shape index (κ2) is 10.9. The molecule has 2 nitrogen and oxygen atoms in total. The van der Waals surface area contributed by atoms with Gasteiger partial charge < -0.3 is 0 Å². The van der Waals surface area contributed by atoms with Gasteiger partial charge in [-0.05, 0) is 74.2 Å². The van der Waals surface area contributed by atoms with Gasteiger partial charge in [0.1, 0.15) is 0 Å². The van der Waals surface area contributed by atoms with E-state index < -0.39 is 17.0 Å². The van der Waals surface area contributed by atoms with E-state index in [1.54, 1.807) is 6.07 Å². The largest absolute Gasteiger partial charge is 0.296 e. The first kappa shape index (κ1) is 23.4. The van der Waals surface area contributed by atoms with E-state index in [0.717, 1.165) is 51.6 Å². The highest BCUT2D eigenvalue weighted by atomic mass is 19.2. The summed E-state index contributed by atoms with van der Waals surface area (Å²) in [6, 6.07) is 17.5. The summed E-state index contributed by atoms with van der Waals surface area (Å²) >= 11 is 0. The van der Waals surface area contributed by atoms with Crippen LogP contribution in [0.3, 0.4) is 0 Å². The Balaban J connectivity index is 1.82. The predicted octanol–water partition coefficient (Wildman–Crippen LogP) is 7.00. The molecule has 2 atom stereocenters. The molecule has 2 aromatic rings. The number of halogens is 2. The fourth-order valence-electron chi connectivity index (χ4n) is 5.01. The molecule has 0 spiro atoms. The van der Waals surface area contributed by atoms with E-state index in [9.17, 15) is 14.0 Å². The molecule has 2 aromatic carbocycles. The molecule has 0 amide bonds. The Morgan fingerprint density at radius 3 is 2.39 bits per heavy atom. The van der Waals surface area contributed by atoms with E-state index in [0.29, 0.717) is 18.0 Å². The van der Waals surface area contributed by atoms with Crippen LogP contribution in [-0.2, 0) is 12.0 Å². The van der Waals surface area contributed by atoms with Gasteiger partial charge in [-0.3, -0.25) is 4.90 Å². The quantitative estimate of drug-likeness (QED) is 0.388. The van der Waals surface area contributed by atoms with E-state index in [-0.39, 0.29) is 5.92 Å². The minimum absolute atomic E-state index is 0.216. The Bertz CT molecular complexity index is 873. The van der Waals surface area contributed by atoms with Crippen LogP contribution in [0.25, 0.3) is 0 Å². The maximum atomic E-state index is 14.1. The zero-order valence-corrected chi connectivity index (χ0v) is 18.8. The Kier molecular flexibility index (Phi) is 8.21. The second-order valence-electron chi connectivity index (χ2n) is 8.90. The van der Waals surface area contributed by atoms with Crippen molar-refractivity contribution in [3.63, 3.8) is 0 Å². The standard InChI is InChI=1S/C27H34F2N2/c1-3-17-31(19-21-9-6-5-7-10-21)24(4-2)15-16-27(20-30,22-11-8-12-22)23-13-14-25(28)26(29)18-23/h5-7,9-10,13-14,18,22,24H,3-4,8,11-12,15-17,19H2,1-2H3. The van der Waals surface area contributed by atoms with Gasteiger partial charge in [-0.2, -0.15) is 5.26 Å². The van der Waals surface area contributed by atoms with Gasteiger partial charge in [0.15, 0.2) is 11.6 Å². The van der Waals surface area contributed by atoms with Crippen molar-refractivity contribution in [2.75, 3.05) is 6.54 Å². The lowest BCUT2D eigenvalue weighted by molar-refractivity contribution is 0.141. The first-order valence-corrected chi connectivity index (χ1v) is 11.7. The van der Waals surface area contributed by atoms with Crippen molar-refractivity contribution in [1.82, 2.24) is 4.90 Å². The van der Waals surface area contributed by atoms with Crippen LogP contribution in [0, 0.1) is 28.9 Å². The summed E-state index contributed by atoms with van der Waals surface area (Å²) in [5.41, 5.74) is 1.18. The summed E-state index contributed by atoms with van der Waals surface area (Å²) in [5, 5.41) is 10.3. The van der Waals surface area contributed by atoms with Gasteiger partial charge in [-0.25, -0.2) is 8.78 Å². The van der Waals surface area contributed by atoms with E-state index in [1.807, 2.05) is 6.07 Å². The number of rotatable bonds is 11. The highest BCUT2D eigenvalue weighted by molar-refractivity contribution is 5.35. The van der Waals surface area contributed by atoms with Gasteiger partial charge in [0.2, 0.25) is 0 Å². The molecule has 31 heavy (non-hydrogen) atoms. The van der Waals surface area contributed by atoms with E-state index >= 15 is 0 Å². The smallest absolute Gasteiger partial charge is 0.159 e. The average molecular weight is 425 g/mol. The predicted molar refractivity (Wildman–Crippen MR) is 121 cm³/mol. The number of hydrogen-bond acceptors (Lipinski definition) is 2. The number of nitriles is 1. The van der Waals surface area contributed by atoms with Crippen molar-refractivity contribution in [3.8, 4) is 6.07 Å². The summed E-state index contributed by atoms with van der Waals surface area (Å²) in [7, 11) is 0. The Labute approximate surface area is 185 Å². The third-order valence-electron chi connectivity index (χ3n) is 7.04. The van der Waals surface area contributed by atoms with Crippen LogP contribution in [0.5, 0.6) is 0 Å². The van der Waals surface area contributed by atoms with Crippen LogP contribution < -0.4 is 0 Å². The van der Waals surface area contributed by atoms with Gasteiger partial charge in [0, 0.05) is 12.6 Å². The van der Waals surface area contributed by atoms with Crippen LogP contribution in [-0.4, -0.2) is 17.5 Å². The zero-order valence-electron chi connectivity index (χ0n) is 18.8. The Morgan fingerprint density at radius 2 is 1.84 bits per heavy atom. The molecule has 0 radical (unpaired) electrons. The Hall–Kier alpha value is -2.25. The second-order valence-corrected chi connectivity index (χ2v) is 8.90. The molecule has 166 valence electrons. The molecular weight excluding hydrogens is 390 g/mol. The molecule has 4 heteroatoms. The lowest BCUT2D eigenvalue weighted by Gasteiger charge is -2.42. The summed E-state index contributed by atoms with van der Waals surface area (Å²) in [6.07, 6.45) is 6.66. The third-order valence-corrected chi connectivity index (χ3v) is 7.04. The summed E-state index contributed by atoms with van der Waals surface area (Å²) in [5.74, 6) is -1.50. The van der Waals surface area contributed by atoms with Crippen molar-refractivity contribution in [2.45, 2.75) is 76.8 Å². The topological polar surface area (TPSA) is 27.0 Å². The number of hydrogen-bond donors (Lipinski definition) is 0. The number of nitrogens with zero attached hydrogens (tertiary/aromatic N) is 2. The molecule has 1 saturated carbocycles. The van der Waals surface area contributed by atoms with Gasteiger partial charge in [-0.15, -0.1) is 0 Å². The van der Waals surface area contributed by atoms with Gasteiger partial charge in [0.25, 0.3) is 0 Å². The van der Waals surface area contributed by atoms with Gasteiger partial charge in [0.05, 0.1) is 11.5 Å². The molecule has 0 N–H and O–H groups in total. The molecule has 1 aliphatic rings. The lowest BCUT2D eigenvalue weighted by Crippen LogP contribution is -2.41. The van der Waals surface area contributed by atoms with Crippen molar-refractivity contribution in [1.29, 1.82) is 5.26 Å². The Morgan fingerprint density at radius 1 is 1.10 bits per heavy atom. The van der Waals surface area contributed by atoms with Crippen LogP contribution >= 0.6 is 0 Å². The fraction of sp³-hybridized carbons (Fsp3) is 0.519. The zero-order chi connectivity index (χ0) is 22.3. The molecule has 0 aliphatic heterocycles. The third kappa shape index (κ3) is 5.33. The van der Waals surface area contributed by atoms with Crippen LogP contribution in [0.4, 0.5) is 8.78 Å².